The molecule has 3 saturated heterocycles. The van der Waals surface area contributed by atoms with Crippen molar-refractivity contribution >= 4 is 29.1 Å². The predicted octanol–water partition coefficient (Wildman–Crippen LogP) is 7.41. The van der Waals surface area contributed by atoms with Gasteiger partial charge in [0.25, 0.3) is 5.91 Å². The highest BCUT2D eigenvalue weighted by molar-refractivity contribution is 5.99. The number of phenols is 1. The van der Waals surface area contributed by atoms with E-state index in [1.165, 1.54) is 17.8 Å². The number of ether oxygens (including phenoxy) is 1. The van der Waals surface area contributed by atoms with Gasteiger partial charge in [-0.25, -0.2) is 8.78 Å². The van der Waals surface area contributed by atoms with Gasteiger partial charge >= 0.3 is 0 Å². The summed E-state index contributed by atoms with van der Waals surface area (Å²) in [5.41, 5.74) is 7.23. The van der Waals surface area contributed by atoms with Gasteiger partial charge in [0.1, 0.15) is 23.1 Å². The molecular formula is C47H55F2N5O5. The van der Waals surface area contributed by atoms with Gasteiger partial charge in [-0.3, -0.25) is 24.6 Å². The second kappa shape index (κ2) is 18.6. The fourth-order valence-corrected chi connectivity index (χ4v) is 9.12. The molecule has 2 unspecified atom stereocenters. The summed E-state index contributed by atoms with van der Waals surface area (Å²) in [5.74, 6) is 0.156. The minimum absolute atomic E-state index is 0.0209. The zero-order chi connectivity index (χ0) is 41.6. The van der Waals surface area contributed by atoms with Crippen LogP contribution in [0.1, 0.15) is 96.0 Å². The Bertz CT molecular complexity index is 2150. The molecule has 0 aliphatic carbocycles. The maximum absolute atomic E-state index is 16.0. The quantitative estimate of drug-likeness (QED) is 0.173. The summed E-state index contributed by atoms with van der Waals surface area (Å²) in [6.07, 6.45) is 3.77. The maximum Gasteiger partial charge on any atom is 0.251 e. The molecular weight excluding hydrogens is 753 g/mol. The van der Waals surface area contributed by atoms with Gasteiger partial charge in [0, 0.05) is 99.9 Å². The Balaban J connectivity index is 0.000000469. The van der Waals surface area contributed by atoms with Gasteiger partial charge in [0.2, 0.25) is 11.8 Å². The molecule has 3 N–H and O–H groups in total. The van der Waals surface area contributed by atoms with Crippen LogP contribution in [0.4, 0.5) is 20.2 Å². The third-order valence-electron chi connectivity index (χ3n) is 12.2. The first-order valence-corrected chi connectivity index (χ1v) is 21.1. The molecule has 5 heterocycles. The van der Waals surface area contributed by atoms with Gasteiger partial charge < -0.3 is 25.0 Å². The molecule has 0 radical (unpaired) electrons. The topological polar surface area (TPSA) is 114 Å². The molecule has 59 heavy (non-hydrogen) atoms. The molecule has 5 aliphatic rings. The molecule has 9 rings (SSSR count). The molecule has 5 aliphatic heterocycles. The maximum atomic E-state index is 16.0. The number of piperidine rings is 2. The Hall–Kier alpha value is -5.49. The van der Waals surface area contributed by atoms with Crippen molar-refractivity contribution in [3.63, 3.8) is 0 Å². The van der Waals surface area contributed by atoms with Crippen LogP contribution in [0.3, 0.4) is 0 Å². The molecule has 0 aromatic heterocycles. The van der Waals surface area contributed by atoms with Crippen LogP contribution in [-0.4, -0.2) is 80.1 Å². The molecule has 0 bridgehead atoms. The van der Waals surface area contributed by atoms with E-state index in [4.69, 9.17) is 4.74 Å². The molecule has 12 heteroatoms. The molecule has 0 saturated carbocycles. The standard InChI is InChI=1S/C40H42F2N4O3.C5H7NO2.C2H6/c1-25-18-29(41)3-6-32(25)35-24-49-38-21-31(47)5-8-34(38)39(35)27-2-9-37(36(42)20-27)46-12-10-26(11-13-46)23-44-14-16-45(17-15-44)30-4-7-33-28(19-30)22-43-40(33)48;7-4-2-1-3-5(8)6-4;1-2/h2-9,18-21,26,35,39,47H,10-17,22-24H2,1H3,(H,43,48);1-3H2,(H,6,7,8);1-2H3. The van der Waals surface area contributed by atoms with E-state index in [0.717, 1.165) is 92.0 Å². The van der Waals surface area contributed by atoms with Crippen molar-refractivity contribution < 1.29 is 33.0 Å². The number of aromatic hydroxyl groups is 1. The van der Waals surface area contributed by atoms with Crippen molar-refractivity contribution in [2.45, 2.75) is 71.3 Å². The monoisotopic (exact) mass is 807 g/mol. The van der Waals surface area contributed by atoms with Crippen LogP contribution in [0.5, 0.6) is 11.5 Å². The number of hydrogen-bond acceptors (Lipinski definition) is 8. The summed E-state index contributed by atoms with van der Waals surface area (Å²) in [6.45, 7) is 13.5. The summed E-state index contributed by atoms with van der Waals surface area (Å²) < 4.78 is 36.1. The number of halogens is 2. The van der Waals surface area contributed by atoms with E-state index in [2.05, 4.69) is 37.5 Å². The first kappa shape index (κ1) is 41.7. The molecule has 4 aromatic carbocycles. The lowest BCUT2D eigenvalue weighted by Gasteiger charge is -2.40. The number of piperazine rings is 1. The summed E-state index contributed by atoms with van der Waals surface area (Å²) >= 11 is 0. The molecule has 3 amide bonds. The number of aryl methyl sites for hydroxylation is 1. The van der Waals surface area contributed by atoms with Crippen LogP contribution >= 0.6 is 0 Å². The van der Waals surface area contributed by atoms with Gasteiger partial charge in [-0.2, -0.15) is 0 Å². The highest BCUT2D eigenvalue weighted by Crippen LogP contribution is 2.48. The molecule has 312 valence electrons. The molecule has 4 aromatic rings. The van der Waals surface area contributed by atoms with Gasteiger partial charge in [-0.1, -0.05) is 32.0 Å². The number of carbonyl (C=O) groups excluding carboxylic acids is 3. The molecule has 0 spiro atoms. The predicted molar refractivity (Wildman–Crippen MR) is 225 cm³/mol. The Morgan fingerprint density at radius 1 is 0.797 bits per heavy atom. The number of fused-ring (bicyclic) bond motifs is 2. The summed E-state index contributed by atoms with van der Waals surface area (Å²) in [7, 11) is 0. The Kier molecular flexibility index (Phi) is 13.1. The van der Waals surface area contributed by atoms with E-state index < -0.39 is 0 Å². The van der Waals surface area contributed by atoms with Gasteiger partial charge in [0.15, 0.2) is 0 Å². The van der Waals surface area contributed by atoms with Gasteiger partial charge in [-0.15, -0.1) is 0 Å². The summed E-state index contributed by atoms with van der Waals surface area (Å²) in [5, 5.41) is 15.2. The lowest BCUT2D eigenvalue weighted by atomic mass is 9.74. The summed E-state index contributed by atoms with van der Waals surface area (Å²) in [6, 6.07) is 21.7. The fourth-order valence-electron chi connectivity index (χ4n) is 9.12. The third-order valence-corrected chi connectivity index (χ3v) is 12.2. The van der Waals surface area contributed by atoms with Crippen LogP contribution in [0.25, 0.3) is 0 Å². The first-order valence-electron chi connectivity index (χ1n) is 21.1. The number of imide groups is 1. The number of rotatable bonds is 6. The van der Waals surface area contributed by atoms with Crippen LogP contribution < -0.4 is 25.2 Å². The largest absolute Gasteiger partial charge is 0.508 e. The van der Waals surface area contributed by atoms with Crippen LogP contribution in [0, 0.1) is 24.5 Å². The zero-order valence-electron chi connectivity index (χ0n) is 34.2. The minimum atomic E-state index is -0.286. The number of carbonyl (C=O) groups is 3. The molecule has 3 fully saturated rings. The van der Waals surface area contributed by atoms with Crippen molar-refractivity contribution in [1.29, 1.82) is 0 Å². The smallest absolute Gasteiger partial charge is 0.251 e. The fraction of sp³-hybridized carbons (Fsp3) is 0.426. The average molecular weight is 808 g/mol. The lowest BCUT2D eigenvalue weighted by Crippen LogP contribution is -2.49. The van der Waals surface area contributed by atoms with Crippen molar-refractivity contribution in [2.24, 2.45) is 5.92 Å². The highest BCUT2D eigenvalue weighted by Gasteiger charge is 2.35. The second-order valence-electron chi connectivity index (χ2n) is 15.9. The summed E-state index contributed by atoms with van der Waals surface area (Å²) in [4.78, 5) is 39.8. The number of amides is 3. The van der Waals surface area contributed by atoms with E-state index in [9.17, 15) is 23.9 Å². The number of benzene rings is 4. The third kappa shape index (κ3) is 9.54. The normalized spacial score (nSPS) is 20.5. The number of phenolic OH excluding ortho intramolecular Hbond substituents is 1. The van der Waals surface area contributed by atoms with Crippen molar-refractivity contribution in [3.8, 4) is 11.5 Å². The van der Waals surface area contributed by atoms with Crippen LogP contribution in [0.15, 0.2) is 72.8 Å². The number of nitrogens with one attached hydrogen (secondary N) is 2. The van der Waals surface area contributed by atoms with Crippen LogP contribution in [-0.2, 0) is 16.1 Å². The van der Waals surface area contributed by atoms with Crippen molar-refractivity contribution in [2.75, 3.05) is 62.2 Å². The first-order chi connectivity index (χ1) is 28.6. The van der Waals surface area contributed by atoms with Gasteiger partial charge in [-0.05, 0) is 103 Å². The van der Waals surface area contributed by atoms with Crippen LogP contribution in [0.2, 0.25) is 0 Å². The minimum Gasteiger partial charge on any atom is -0.508 e. The van der Waals surface area contributed by atoms with E-state index >= 15 is 4.39 Å². The van der Waals surface area contributed by atoms with Crippen molar-refractivity contribution in [1.82, 2.24) is 15.5 Å². The number of nitrogens with zero attached hydrogens (tertiary/aromatic N) is 3. The zero-order valence-corrected chi connectivity index (χ0v) is 34.2. The molecule has 2 atom stereocenters. The Morgan fingerprint density at radius 2 is 1.53 bits per heavy atom. The van der Waals surface area contributed by atoms with Gasteiger partial charge in [0.05, 0.1) is 12.3 Å². The average Bonchev–Trinajstić information content (AvgIpc) is 3.61. The Morgan fingerprint density at radius 3 is 2.20 bits per heavy atom. The SMILES string of the molecule is CC.Cc1cc(F)ccc1C1COc2cc(O)ccc2C1c1ccc(N2CCC(CN3CCN(c4ccc5c(c4)CNC5=O)CC3)CC2)c(F)c1.O=C1CCCC(=O)N1. The second-order valence-corrected chi connectivity index (χ2v) is 15.9. The van der Waals surface area contributed by atoms with E-state index in [1.54, 1.807) is 18.2 Å². The highest BCUT2D eigenvalue weighted by atomic mass is 19.1. The van der Waals surface area contributed by atoms with E-state index in [1.807, 2.05) is 51.1 Å². The number of anilines is 2. The number of hydrogen-bond donors (Lipinski definition) is 3. The van der Waals surface area contributed by atoms with E-state index in [-0.39, 0.29) is 46.9 Å². The Labute approximate surface area is 345 Å². The lowest BCUT2D eigenvalue weighted by molar-refractivity contribution is -0.132. The van der Waals surface area contributed by atoms with E-state index in [0.29, 0.717) is 49.8 Å². The van der Waals surface area contributed by atoms with Crippen molar-refractivity contribution in [3.05, 3.63) is 118 Å². The molecule has 10 nitrogen and oxygen atoms in total.